The van der Waals surface area contributed by atoms with Gasteiger partial charge in [-0.05, 0) is 51.9 Å². The maximum atomic E-state index is 12.1. The molecule has 2 saturated heterocycles. The van der Waals surface area contributed by atoms with Gasteiger partial charge >= 0.3 is 6.03 Å². The van der Waals surface area contributed by atoms with Crippen LogP contribution in [0.25, 0.3) is 0 Å². The molecule has 3 aliphatic rings. The van der Waals surface area contributed by atoms with Crippen LogP contribution in [0, 0.1) is 6.92 Å². The fraction of sp³-hybridized carbons (Fsp3) is 0.722. The minimum Gasteiger partial charge on any atom is -0.356 e. The van der Waals surface area contributed by atoms with Crippen molar-refractivity contribution in [2.24, 2.45) is 0 Å². The highest BCUT2D eigenvalue weighted by molar-refractivity contribution is 5.75. The maximum absolute atomic E-state index is 12.1. The Labute approximate surface area is 143 Å². The van der Waals surface area contributed by atoms with Gasteiger partial charge in [-0.2, -0.15) is 0 Å². The first-order chi connectivity index (χ1) is 11.7. The first-order valence-electron chi connectivity index (χ1n) is 9.38. The van der Waals surface area contributed by atoms with Crippen LogP contribution in [0.15, 0.2) is 0 Å². The molecule has 6 nitrogen and oxygen atoms in total. The van der Waals surface area contributed by atoms with Crippen LogP contribution in [0.3, 0.4) is 0 Å². The van der Waals surface area contributed by atoms with E-state index in [-0.39, 0.29) is 6.03 Å². The van der Waals surface area contributed by atoms with Gasteiger partial charge in [-0.15, -0.1) is 0 Å². The molecule has 0 unspecified atom stereocenters. The number of amides is 2. The third-order valence-electron chi connectivity index (χ3n) is 5.59. The van der Waals surface area contributed by atoms with E-state index in [4.69, 9.17) is 4.98 Å². The molecular formula is C18H27N5O. The number of anilines is 1. The Hall–Kier alpha value is -1.85. The summed E-state index contributed by atoms with van der Waals surface area (Å²) < 4.78 is 0. The molecule has 0 atom stereocenters. The topological polar surface area (TPSA) is 61.4 Å². The monoisotopic (exact) mass is 329 g/mol. The van der Waals surface area contributed by atoms with E-state index in [1.54, 1.807) is 0 Å². The Morgan fingerprint density at radius 2 is 1.83 bits per heavy atom. The molecule has 0 aromatic carbocycles. The van der Waals surface area contributed by atoms with E-state index in [2.05, 4.69) is 15.2 Å². The van der Waals surface area contributed by atoms with Gasteiger partial charge in [0.2, 0.25) is 0 Å². The number of urea groups is 1. The number of aromatic nitrogens is 2. The lowest BCUT2D eigenvalue weighted by molar-refractivity contribution is 0.149. The zero-order chi connectivity index (χ0) is 16.5. The van der Waals surface area contributed by atoms with E-state index in [0.717, 1.165) is 64.1 Å². The van der Waals surface area contributed by atoms with Gasteiger partial charge in [0, 0.05) is 43.5 Å². The molecule has 1 aromatic rings. The van der Waals surface area contributed by atoms with E-state index in [1.807, 2.05) is 11.8 Å². The molecule has 130 valence electrons. The number of hydrogen-bond acceptors (Lipinski definition) is 4. The summed E-state index contributed by atoms with van der Waals surface area (Å²) in [6.07, 6.45) is 7.82. The molecule has 24 heavy (non-hydrogen) atoms. The van der Waals surface area contributed by atoms with Crippen molar-refractivity contribution in [2.45, 2.75) is 57.9 Å². The van der Waals surface area contributed by atoms with Crippen LogP contribution < -0.4 is 10.2 Å². The fourth-order valence-electron chi connectivity index (χ4n) is 4.34. The second-order valence-corrected chi connectivity index (χ2v) is 7.22. The molecular weight excluding hydrogens is 302 g/mol. The number of nitrogens with one attached hydrogen (secondary N) is 1. The largest absolute Gasteiger partial charge is 0.356 e. The third-order valence-corrected chi connectivity index (χ3v) is 5.59. The number of rotatable bonds is 2. The van der Waals surface area contributed by atoms with Crippen LogP contribution in [-0.2, 0) is 12.8 Å². The Balaban J connectivity index is 1.48. The van der Waals surface area contributed by atoms with Crippen LogP contribution in [0.5, 0.6) is 0 Å². The molecule has 0 bridgehead atoms. The summed E-state index contributed by atoms with van der Waals surface area (Å²) in [4.78, 5) is 26.0. The molecule has 1 aliphatic carbocycles. The molecule has 4 rings (SSSR count). The van der Waals surface area contributed by atoms with Crippen molar-refractivity contribution < 1.29 is 4.79 Å². The normalized spacial score (nSPS) is 22.3. The summed E-state index contributed by atoms with van der Waals surface area (Å²) in [5.74, 6) is 2.06. The molecule has 3 heterocycles. The molecule has 2 fully saturated rings. The van der Waals surface area contributed by atoms with Crippen LogP contribution in [0.4, 0.5) is 10.6 Å². The van der Waals surface area contributed by atoms with Crippen LogP contribution >= 0.6 is 0 Å². The number of piperidine rings is 1. The molecule has 0 radical (unpaired) electrons. The van der Waals surface area contributed by atoms with Gasteiger partial charge in [0.15, 0.2) is 0 Å². The average Bonchev–Trinajstić information content (AvgIpc) is 2.62. The van der Waals surface area contributed by atoms with Crippen LogP contribution in [0.1, 0.15) is 49.2 Å². The van der Waals surface area contributed by atoms with Gasteiger partial charge < -0.3 is 15.1 Å². The second kappa shape index (κ2) is 6.57. The first-order valence-corrected chi connectivity index (χ1v) is 9.38. The summed E-state index contributed by atoms with van der Waals surface area (Å²) in [5, 5.41) is 2.97. The molecule has 2 aliphatic heterocycles. The van der Waals surface area contributed by atoms with Crippen molar-refractivity contribution in [1.82, 2.24) is 20.2 Å². The average molecular weight is 329 g/mol. The lowest BCUT2D eigenvalue weighted by Gasteiger charge is -2.41. The van der Waals surface area contributed by atoms with Crippen LogP contribution in [-0.4, -0.2) is 53.1 Å². The quantitative estimate of drug-likeness (QED) is 0.902. The number of nitrogens with zero attached hydrogens (tertiary/aromatic N) is 4. The van der Waals surface area contributed by atoms with Crippen molar-refractivity contribution in [3.8, 4) is 0 Å². The molecule has 1 aromatic heterocycles. The summed E-state index contributed by atoms with van der Waals surface area (Å²) in [5.41, 5.74) is 2.64. The standard InChI is InChI=1S/C18H27N5O/c1-13-20-16-6-3-2-5-15(16)17(21-13)22-11-7-14(8-12-22)23-10-4-9-19-18(23)24/h14H,2-12H2,1H3,(H,19,24). The number of carbonyl (C=O) groups is 1. The SMILES string of the molecule is Cc1nc2c(c(N3CCC(N4CCCNC4=O)CC3)n1)CCCC2. The van der Waals surface area contributed by atoms with Gasteiger partial charge in [0.1, 0.15) is 11.6 Å². The van der Waals surface area contributed by atoms with Gasteiger partial charge in [0.25, 0.3) is 0 Å². The highest BCUT2D eigenvalue weighted by Crippen LogP contribution is 2.30. The number of carbonyl (C=O) groups excluding carboxylic acids is 1. The van der Waals surface area contributed by atoms with Gasteiger partial charge in [-0.25, -0.2) is 14.8 Å². The second-order valence-electron chi connectivity index (χ2n) is 7.22. The summed E-state index contributed by atoms with van der Waals surface area (Å²) in [7, 11) is 0. The Morgan fingerprint density at radius 1 is 1.04 bits per heavy atom. The number of fused-ring (bicyclic) bond motifs is 1. The van der Waals surface area contributed by atoms with E-state index in [1.165, 1.54) is 29.9 Å². The molecule has 6 heteroatoms. The number of hydrogen-bond donors (Lipinski definition) is 1. The highest BCUT2D eigenvalue weighted by Gasteiger charge is 2.31. The molecule has 0 saturated carbocycles. The van der Waals surface area contributed by atoms with Crippen molar-refractivity contribution in [2.75, 3.05) is 31.1 Å². The van der Waals surface area contributed by atoms with E-state index < -0.39 is 0 Å². The summed E-state index contributed by atoms with van der Waals surface area (Å²) in [6, 6.07) is 0.496. The van der Waals surface area contributed by atoms with E-state index in [9.17, 15) is 4.79 Å². The predicted octanol–water partition coefficient (Wildman–Crippen LogP) is 2.05. The Morgan fingerprint density at radius 3 is 2.62 bits per heavy atom. The number of aryl methyl sites for hydroxylation is 2. The lowest BCUT2D eigenvalue weighted by Crippen LogP contribution is -2.54. The Kier molecular flexibility index (Phi) is 4.29. The van der Waals surface area contributed by atoms with Gasteiger partial charge in [-0.3, -0.25) is 0 Å². The van der Waals surface area contributed by atoms with Crippen molar-refractivity contribution in [1.29, 1.82) is 0 Å². The zero-order valence-electron chi connectivity index (χ0n) is 14.6. The maximum Gasteiger partial charge on any atom is 0.317 e. The fourth-order valence-corrected chi connectivity index (χ4v) is 4.34. The predicted molar refractivity (Wildman–Crippen MR) is 93.4 cm³/mol. The Bertz CT molecular complexity index is 624. The van der Waals surface area contributed by atoms with E-state index in [0.29, 0.717) is 6.04 Å². The minimum absolute atomic E-state index is 0.120. The molecule has 0 spiro atoms. The lowest BCUT2D eigenvalue weighted by atomic mass is 9.95. The molecule has 1 N–H and O–H groups in total. The smallest absolute Gasteiger partial charge is 0.317 e. The summed E-state index contributed by atoms with van der Waals surface area (Å²) in [6.45, 7) is 5.69. The van der Waals surface area contributed by atoms with E-state index >= 15 is 0 Å². The van der Waals surface area contributed by atoms with Crippen molar-refractivity contribution >= 4 is 11.8 Å². The summed E-state index contributed by atoms with van der Waals surface area (Å²) >= 11 is 0. The van der Waals surface area contributed by atoms with Crippen molar-refractivity contribution in [3.05, 3.63) is 17.1 Å². The van der Waals surface area contributed by atoms with Crippen molar-refractivity contribution in [3.63, 3.8) is 0 Å². The third kappa shape index (κ3) is 2.94. The highest BCUT2D eigenvalue weighted by atomic mass is 16.2. The minimum atomic E-state index is 0.120. The molecule has 2 amide bonds. The van der Waals surface area contributed by atoms with Crippen LogP contribution in [0.2, 0.25) is 0 Å². The first kappa shape index (κ1) is 15.7. The van der Waals surface area contributed by atoms with Gasteiger partial charge in [-0.1, -0.05) is 0 Å². The zero-order valence-corrected chi connectivity index (χ0v) is 14.6. The van der Waals surface area contributed by atoms with Gasteiger partial charge in [0.05, 0.1) is 0 Å².